The summed E-state index contributed by atoms with van der Waals surface area (Å²) in [6, 6.07) is 68.8. The van der Waals surface area contributed by atoms with Crippen LogP contribution in [0.5, 0.6) is 0 Å². The van der Waals surface area contributed by atoms with Crippen molar-refractivity contribution in [2.45, 2.75) is 19.3 Å². The Morgan fingerprint density at radius 3 is 1.65 bits per heavy atom. The predicted octanol–water partition coefficient (Wildman–Crippen LogP) is 15.1. The highest BCUT2D eigenvalue weighted by molar-refractivity contribution is 6.23. The average molecular weight is 830 g/mol. The van der Waals surface area contributed by atoms with Crippen molar-refractivity contribution in [2.75, 3.05) is 0 Å². The van der Waals surface area contributed by atoms with Crippen LogP contribution in [0.4, 0.5) is 0 Å². The zero-order valence-electron chi connectivity index (χ0n) is 35.8. The van der Waals surface area contributed by atoms with Gasteiger partial charge in [0, 0.05) is 38.4 Å². The van der Waals surface area contributed by atoms with E-state index in [2.05, 4.69) is 190 Å². The standard InChI is InChI=1S/C60H39N5/c1-60(2)51-29-15-14-27-48(51)54-49(28-16-30-52(54)60)59-64-57(36-17-4-3-5-18-36)63-58(65-59)40-32-38(50-34-37-19-6-7-20-41(37)42-21-8-9-24-45(42)50)31-39(33-40)53-35-61-55-46-25-12-10-22-43(46)44-23-11-13-26-47(44)56(55)62-53/h3-35H,1-2H3. The molecule has 0 fully saturated rings. The van der Waals surface area contributed by atoms with E-state index in [9.17, 15) is 0 Å². The molecule has 0 unspecified atom stereocenters. The maximum atomic E-state index is 5.49. The molecule has 0 spiro atoms. The van der Waals surface area contributed by atoms with Gasteiger partial charge in [-0.25, -0.2) is 19.9 Å². The third-order valence-corrected chi connectivity index (χ3v) is 13.5. The highest BCUT2D eigenvalue weighted by Crippen LogP contribution is 2.52. The summed E-state index contributed by atoms with van der Waals surface area (Å²) in [4.78, 5) is 26.7. The molecule has 1 aliphatic carbocycles. The smallest absolute Gasteiger partial charge is 0.164 e. The van der Waals surface area contributed by atoms with Crippen LogP contribution >= 0.6 is 0 Å². The third-order valence-electron chi connectivity index (χ3n) is 13.5. The molecule has 0 N–H and O–H groups in total. The molecule has 65 heavy (non-hydrogen) atoms. The van der Waals surface area contributed by atoms with Gasteiger partial charge in [-0.3, -0.25) is 4.98 Å². The molecule has 304 valence electrons. The summed E-state index contributed by atoms with van der Waals surface area (Å²) in [7, 11) is 0. The van der Waals surface area contributed by atoms with Crippen LogP contribution in [0.25, 0.3) is 122 Å². The summed E-state index contributed by atoms with van der Waals surface area (Å²) < 4.78 is 0. The number of hydrogen-bond donors (Lipinski definition) is 0. The van der Waals surface area contributed by atoms with Crippen LogP contribution in [0.3, 0.4) is 0 Å². The van der Waals surface area contributed by atoms with Crippen LogP contribution in [0.15, 0.2) is 200 Å². The van der Waals surface area contributed by atoms with Crippen LogP contribution < -0.4 is 0 Å². The summed E-state index contributed by atoms with van der Waals surface area (Å²) in [6.07, 6.45) is 1.92. The molecule has 13 rings (SSSR count). The summed E-state index contributed by atoms with van der Waals surface area (Å²) in [5.41, 5.74) is 13.1. The van der Waals surface area contributed by atoms with Crippen LogP contribution in [-0.4, -0.2) is 24.9 Å². The second-order valence-corrected chi connectivity index (χ2v) is 17.6. The minimum Gasteiger partial charge on any atom is -0.252 e. The first-order valence-electron chi connectivity index (χ1n) is 22.2. The fraction of sp³-hybridized carbons (Fsp3) is 0.0500. The van der Waals surface area contributed by atoms with Crippen LogP contribution in [0.2, 0.25) is 0 Å². The molecule has 5 heteroatoms. The van der Waals surface area contributed by atoms with E-state index < -0.39 is 0 Å². The largest absolute Gasteiger partial charge is 0.252 e. The minimum atomic E-state index is -0.176. The molecule has 5 nitrogen and oxygen atoms in total. The van der Waals surface area contributed by atoms with E-state index in [4.69, 9.17) is 24.9 Å². The maximum Gasteiger partial charge on any atom is 0.164 e. The van der Waals surface area contributed by atoms with Gasteiger partial charge in [-0.2, -0.15) is 0 Å². The molecule has 1 aliphatic rings. The van der Waals surface area contributed by atoms with Crippen molar-refractivity contribution in [1.29, 1.82) is 0 Å². The van der Waals surface area contributed by atoms with E-state index in [0.29, 0.717) is 17.5 Å². The Labute approximate surface area is 375 Å². The first-order valence-corrected chi connectivity index (χ1v) is 22.2. The molecule has 0 amide bonds. The molecule has 2 aromatic heterocycles. The quantitative estimate of drug-likeness (QED) is 0.162. The Hall–Kier alpha value is -8.41. The number of aromatic nitrogens is 5. The van der Waals surface area contributed by atoms with Gasteiger partial charge in [-0.1, -0.05) is 184 Å². The van der Waals surface area contributed by atoms with Gasteiger partial charge < -0.3 is 0 Å². The predicted molar refractivity (Wildman–Crippen MR) is 268 cm³/mol. The first-order chi connectivity index (χ1) is 32.0. The molecule has 0 saturated carbocycles. The SMILES string of the molecule is CC1(C)c2ccccc2-c2c(-c3nc(-c4ccccc4)nc(-c4cc(-c5cnc6c7ccccc7c7ccccc7c6n5)cc(-c5cc6ccccc6c6ccccc56)c4)n3)cccc21. The number of benzene rings is 10. The molecule has 0 radical (unpaired) electrons. The number of rotatable bonds is 5. The summed E-state index contributed by atoms with van der Waals surface area (Å²) in [5, 5.41) is 9.24. The highest BCUT2D eigenvalue weighted by atomic mass is 15.0. The molecule has 0 atom stereocenters. The monoisotopic (exact) mass is 829 g/mol. The second kappa shape index (κ2) is 14.3. The van der Waals surface area contributed by atoms with Gasteiger partial charge in [-0.05, 0) is 90.0 Å². The summed E-state index contributed by atoms with van der Waals surface area (Å²) in [6.45, 7) is 4.61. The normalized spacial score (nSPS) is 12.9. The number of hydrogen-bond acceptors (Lipinski definition) is 5. The van der Waals surface area contributed by atoms with Crippen molar-refractivity contribution in [1.82, 2.24) is 24.9 Å². The molecular formula is C60H39N5. The van der Waals surface area contributed by atoms with Crippen molar-refractivity contribution in [3.8, 4) is 67.7 Å². The van der Waals surface area contributed by atoms with E-state index >= 15 is 0 Å². The van der Waals surface area contributed by atoms with E-state index in [1.165, 1.54) is 49.2 Å². The Balaban J connectivity index is 1.10. The highest BCUT2D eigenvalue weighted by Gasteiger charge is 2.37. The minimum absolute atomic E-state index is 0.176. The lowest BCUT2D eigenvalue weighted by molar-refractivity contribution is 0.660. The van der Waals surface area contributed by atoms with Gasteiger partial charge in [0.05, 0.1) is 22.9 Å². The van der Waals surface area contributed by atoms with Gasteiger partial charge in [0.25, 0.3) is 0 Å². The van der Waals surface area contributed by atoms with E-state index in [1.807, 2.05) is 24.4 Å². The fourth-order valence-electron chi connectivity index (χ4n) is 10.4. The fourth-order valence-corrected chi connectivity index (χ4v) is 10.4. The van der Waals surface area contributed by atoms with Gasteiger partial charge in [0.15, 0.2) is 17.5 Å². The second-order valence-electron chi connectivity index (χ2n) is 17.6. The first kappa shape index (κ1) is 37.2. The molecule has 0 aliphatic heterocycles. The van der Waals surface area contributed by atoms with E-state index in [1.54, 1.807) is 0 Å². The van der Waals surface area contributed by atoms with Crippen LogP contribution in [-0.2, 0) is 5.41 Å². The van der Waals surface area contributed by atoms with Crippen LogP contribution in [0.1, 0.15) is 25.0 Å². The van der Waals surface area contributed by atoms with Crippen molar-refractivity contribution in [2.24, 2.45) is 0 Å². The summed E-state index contributed by atoms with van der Waals surface area (Å²) >= 11 is 0. The van der Waals surface area contributed by atoms with Crippen LogP contribution in [0, 0.1) is 0 Å². The Morgan fingerprint density at radius 2 is 0.877 bits per heavy atom. The van der Waals surface area contributed by atoms with Gasteiger partial charge >= 0.3 is 0 Å². The van der Waals surface area contributed by atoms with E-state index in [0.717, 1.165) is 66.3 Å². The lowest BCUT2D eigenvalue weighted by Gasteiger charge is -2.21. The van der Waals surface area contributed by atoms with Crippen molar-refractivity contribution in [3.05, 3.63) is 211 Å². The lowest BCUT2D eigenvalue weighted by atomic mass is 9.82. The Kier molecular flexibility index (Phi) is 8.18. The Morgan fingerprint density at radius 1 is 0.338 bits per heavy atom. The lowest BCUT2D eigenvalue weighted by Crippen LogP contribution is -2.14. The van der Waals surface area contributed by atoms with Gasteiger partial charge in [0.1, 0.15) is 0 Å². The zero-order valence-corrected chi connectivity index (χ0v) is 35.8. The Bertz CT molecular complexity index is 3890. The van der Waals surface area contributed by atoms with Crippen molar-refractivity contribution < 1.29 is 0 Å². The van der Waals surface area contributed by atoms with Gasteiger partial charge in [0.2, 0.25) is 0 Å². The molecule has 12 aromatic rings. The molecule has 2 heterocycles. The third kappa shape index (κ3) is 5.82. The molecule has 0 bridgehead atoms. The van der Waals surface area contributed by atoms with Crippen molar-refractivity contribution in [3.63, 3.8) is 0 Å². The number of nitrogens with zero attached hydrogens (tertiary/aromatic N) is 5. The van der Waals surface area contributed by atoms with Crippen molar-refractivity contribution >= 4 is 54.1 Å². The number of fused-ring (bicyclic) bond motifs is 12. The van der Waals surface area contributed by atoms with Gasteiger partial charge in [-0.15, -0.1) is 0 Å². The maximum absolute atomic E-state index is 5.49. The molecule has 0 saturated heterocycles. The molecule has 10 aromatic carbocycles. The zero-order chi connectivity index (χ0) is 43.2. The molecular weight excluding hydrogens is 791 g/mol. The average Bonchev–Trinajstić information content (AvgIpc) is 3.61. The topological polar surface area (TPSA) is 64.5 Å². The summed E-state index contributed by atoms with van der Waals surface area (Å²) in [5.74, 6) is 1.82. The van der Waals surface area contributed by atoms with E-state index in [-0.39, 0.29) is 5.41 Å².